The Morgan fingerprint density at radius 1 is 1.64 bits per heavy atom. The van der Waals surface area contributed by atoms with Gasteiger partial charge >= 0.3 is 0 Å². The second-order valence-electron chi connectivity index (χ2n) is 2.56. The number of aromatic nitrogens is 2. The lowest BCUT2D eigenvalue weighted by Crippen LogP contribution is -1.81. The van der Waals surface area contributed by atoms with Crippen LogP contribution in [0.5, 0.6) is 0 Å². The van der Waals surface area contributed by atoms with Gasteiger partial charge in [0.1, 0.15) is 5.01 Å². The van der Waals surface area contributed by atoms with Gasteiger partial charge in [0.25, 0.3) is 0 Å². The molecule has 0 spiro atoms. The largest absolute Gasteiger partial charge is 0.374 e. The standard InChI is InChI=1S/C6H6N4S/c7-2-3-1-4(3)5-9-10-6(8)11-5/h3-4H,1H2,(H2,8,10). The monoisotopic (exact) mass is 166 g/mol. The predicted octanol–water partition coefficient (Wildman–Crippen LogP) is 0.747. The van der Waals surface area contributed by atoms with Crippen LogP contribution in [0.1, 0.15) is 17.3 Å². The molecule has 11 heavy (non-hydrogen) atoms. The summed E-state index contributed by atoms with van der Waals surface area (Å²) < 4.78 is 0. The third kappa shape index (κ3) is 1.05. The Morgan fingerprint density at radius 2 is 2.45 bits per heavy atom. The topological polar surface area (TPSA) is 75.6 Å². The highest BCUT2D eigenvalue weighted by Crippen LogP contribution is 2.47. The van der Waals surface area contributed by atoms with E-state index in [0.717, 1.165) is 11.4 Å². The van der Waals surface area contributed by atoms with Gasteiger partial charge in [0.2, 0.25) is 5.13 Å². The fraction of sp³-hybridized carbons (Fsp3) is 0.500. The minimum atomic E-state index is 0.155. The summed E-state index contributed by atoms with van der Waals surface area (Å²) in [6.45, 7) is 0. The van der Waals surface area contributed by atoms with Gasteiger partial charge in [0.05, 0.1) is 12.0 Å². The normalized spacial score (nSPS) is 27.9. The van der Waals surface area contributed by atoms with E-state index in [1.54, 1.807) is 0 Å². The highest BCUT2D eigenvalue weighted by atomic mass is 32.1. The zero-order valence-corrected chi connectivity index (χ0v) is 6.51. The van der Waals surface area contributed by atoms with E-state index in [4.69, 9.17) is 11.0 Å². The van der Waals surface area contributed by atoms with Crippen molar-refractivity contribution in [1.29, 1.82) is 5.26 Å². The molecule has 1 aromatic heterocycles. The summed E-state index contributed by atoms with van der Waals surface area (Å²) in [4.78, 5) is 0. The Hall–Kier alpha value is -1.15. The van der Waals surface area contributed by atoms with E-state index in [9.17, 15) is 0 Å². The van der Waals surface area contributed by atoms with E-state index in [0.29, 0.717) is 11.0 Å². The molecule has 5 heteroatoms. The van der Waals surface area contributed by atoms with Crippen LogP contribution in [0.4, 0.5) is 5.13 Å². The van der Waals surface area contributed by atoms with Gasteiger partial charge in [-0.15, -0.1) is 10.2 Å². The van der Waals surface area contributed by atoms with Gasteiger partial charge in [0, 0.05) is 5.92 Å². The summed E-state index contributed by atoms with van der Waals surface area (Å²) in [5.41, 5.74) is 5.39. The SMILES string of the molecule is N#CC1CC1c1nnc(N)s1. The zero-order valence-electron chi connectivity index (χ0n) is 5.69. The van der Waals surface area contributed by atoms with Gasteiger partial charge in [0.15, 0.2) is 0 Å². The van der Waals surface area contributed by atoms with Crippen LogP contribution in [0.15, 0.2) is 0 Å². The molecule has 0 aliphatic heterocycles. The first-order valence-corrected chi connectivity index (χ1v) is 4.11. The average Bonchev–Trinajstić information content (AvgIpc) is 2.68. The maximum Gasteiger partial charge on any atom is 0.203 e. The molecule has 0 radical (unpaired) electrons. The summed E-state index contributed by atoms with van der Waals surface area (Å²) in [6, 6.07) is 2.19. The van der Waals surface area contributed by atoms with Crippen LogP contribution in [-0.2, 0) is 0 Å². The zero-order chi connectivity index (χ0) is 7.84. The summed E-state index contributed by atoms with van der Waals surface area (Å²) >= 11 is 1.38. The number of nitrogens with zero attached hydrogens (tertiary/aromatic N) is 3. The molecule has 2 unspecified atom stereocenters. The molecule has 4 nitrogen and oxygen atoms in total. The van der Waals surface area contributed by atoms with Crippen molar-refractivity contribution in [2.24, 2.45) is 5.92 Å². The number of hydrogen-bond donors (Lipinski definition) is 1. The van der Waals surface area contributed by atoms with Crippen LogP contribution in [0.2, 0.25) is 0 Å². The Labute approximate surface area is 67.7 Å². The van der Waals surface area contributed by atoms with Gasteiger partial charge in [-0.3, -0.25) is 0 Å². The summed E-state index contributed by atoms with van der Waals surface area (Å²) in [7, 11) is 0. The van der Waals surface area contributed by atoms with Crippen LogP contribution in [-0.4, -0.2) is 10.2 Å². The Morgan fingerprint density at radius 3 is 2.91 bits per heavy atom. The Balaban J connectivity index is 2.16. The molecule has 1 aliphatic carbocycles. The van der Waals surface area contributed by atoms with E-state index in [2.05, 4.69) is 16.3 Å². The summed E-state index contributed by atoms with van der Waals surface area (Å²) in [5.74, 6) is 0.470. The second kappa shape index (κ2) is 2.17. The van der Waals surface area contributed by atoms with Crippen molar-refractivity contribution in [3.05, 3.63) is 5.01 Å². The van der Waals surface area contributed by atoms with Crippen molar-refractivity contribution in [2.45, 2.75) is 12.3 Å². The van der Waals surface area contributed by atoms with E-state index < -0.39 is 0 Å². The molecule has 1 aromatic rings. The number of hydrogen-bond acceptors (Lipinski definition) is 5. The van der Waals surface area contributed by atoms with Crippen molar-refractivity contribution < 1.29 is 0 Å². The van der Waals surface area contributed by atoms with Gasteiger partial charge in [-0.1, -0.05) is 11.3 Å². The van der Waals surface area contributed by atoms with Crippen LogP contribution >= 0.6 is 11.3 Å². The lowest BCUT2D eigenvalue weighted by atomic mass is 10.3. The predicted molar refractivity (Wildman–Crippen MR) is 40.8 cm³/mol. The summed E-state index contributed by atoms with van der Waals surface area (Å²) in [6.07, 6.45) is 0.922. The molecule has 0 aromatic carbocycles. The number of anilines is 1. The van der Waals surface area contributed by atoms with Gasteiger partial charge in [-0.2, -0.15) is 5.26 Å². The summed E-state index contributed by atoms with van der Waals surface area (Å²) in [5, 5.41) is 17.5. The molecule has 0 bridgehead atoms. The fourth-order valence-corrected chi connectivity index (χ4v) is 1.80. The lowest BCUT2D eigenvalue weighted by Gasteiger charge is -1.81. The van der Waals surface area contributed by atoms with Crippen molar-refractivity contribution in [1.82, 2.24) is 10.2 Å². The third-order valence-corrected chi connectivity index (χ3v) is 2.61. The molecule has 1 heterocycles. The fourth-order valence-electron chi connectivity index (χ4n) is 1.01. The van der Waals surface area contributed by atoms with Gasteiger partial charge in [-0.05, 0) is 6.42 Å². The van der Waals surface area contributed by atoms with E-state index in [1.165, 1.54) is 11.3 Å². The smallest absolute Gasteiger partial charge is 0.203 e. The first kappa shape index (κ1) is 6.55. The quantitative estimate of drug-likeness (QED) is 0.667. The van der Waals surface area contributed by atoms with Gasteiger partial charge < -0.3 is 5.73 Å². The van der Waals surface area contributed by atoms with Crippen molar-refractivity contribution in [2.75, 3.05) is 5.73 Å². The molecule has 1 saturated carbocycles. The van der Waals surface area contributed by atoms with Crippen LogP contribution in [0.3, 0.4) is 0 Å². The van der Waals surface area contributed by atoms with Crippen molar-refractivity contribution >= 4 is 16.5 Å². The maximum absolute atomic E-state index is 8.52. The third-order valence-electron chi connectivity index (χ3n) is 1.73. The molecular weight excluding hydrogens is 160 g/mol. The highest BCUT2D eigenvalue weighted by molar-refractivity contribution is 7.15. The highest BCUT2D eigenvalue weighted by Gasteiger charge is 2.41. The minimum Gasteiger partial charge on any atom is -0.374 e. The number of rotatable bonds is 1. The van der Waals surface area contributed by atoms with Gasteiger partial charge in [-0.25, -0.2) is 0 Å². The van der Waals surface area contributed by atoms with E-state index in [-0.39, 0.29) is 5.92 Å². The first-order valence-electron chi connectivity index (χ1n) is 3.29. The Bertz CT molecular complexity index is 313. The van der Waals surface area contributed by atoms with Crippen LogP contribution in [0, 0.1) is 17.2 Å². The molecular formula is C6H6N4S. The first-order chi connectivity index (χ1) is 5.31. The lowest BCUT2D eigenvalue weighted by molar-refractivity contribution is 0.942. The minimum absolute atomic E-state index is 0.155. The number of nitrogen functional groups attached to an aromatic ring is 1. The molecule has 1 fully saturated rings. The van der Waals surface area contributed by atoms with E-state index >= 15 is 0 Å². The Kier molecular flexibility index (Phi) is 1.29. The average molecular weight is 166 g/mol. The second-order valence-corrected chi connectivity index (χ2v) is 3.60. The van der Waals surface area contributed by atoms with Crippen molar-refractivity contribution in [3.8, 4) is 6.07 Å². The molecule has 0 amide bonds. The molecule has 1 aliphatic rings. The molecule has 2 atom stereocenters. The van der Waals surface area contributed by atoms with Crippen LogP contribution < -0.4 is 5.73 Å². The van der Waals surface area contributed by atoms with Crippen molar-refractivity contribution in [3.63, 3.8) is 0 Å². The van der Waals surface area contributed by atoms with Crippen LogP contribution in [0.25, 0.3) is 0 Å². The molecule has 2 N–H and O–H groups in total. The number of nitriles is 1. The van der Waals surface area contributed by atoms with E-state index in [1.807, 2.05) is 0 Å². The molecule has 2 rings (SSSR count). The molecule has 0 saturated heterocycles. The molecule has 56 valence electrons. The number of nitrogens with two attached hydrogens (primary N) is 1. The maximum atomic E-state index is 8.52.